The van der Waals surface area contributed by atoms with Crippen LogP contribution in [-0.4, -0.2) is 55.3 Å². The van der Waals surface area contributed by atoms with E-state index < -0.39 is 6.09 Å². The van der Waals surface area contributed by atoms with E-state index in [1.807, 2.05) is 11.8 Å². The van der Waals surface area contributed by atoms with Gasteiger partial charge in [0.2, 0.25) is 0 Å². The molecule has 1 aliphatic rings. The van der Waals surface area contributed by atoms with E-state index in [1.54, 1.807) is 13.8 Å². The number of carbonyl (C=O) groups is 2. The lowest BCUT2D eigenvalue weighted by Gasteiger charge is -2.35. The van der Waals surface area contributed by atoms with Crippen LogP contribution in [0.2, 0.25) is 0 Å². The monoisotopic (exact) mass is 272 g/mol. The predicted octanol–water partition coefficient (Wildman–Crippen LogP) is 1.15. The lowest BCUT2D eigenvalue weighted by atomic mass is 10.0. The van der Waals surface area contributed by atoms with Gasteiger partial charge in [-0.3, -0.25) is 9.69 Å². The zero-order chi connectivity index (χ0) is 14.3. The van der Waals surface area contributed by atoms with Crippen LogP contribution in [0, 0.1) is 0 Å². The fourth-order valence-electron chi connectivity index (χ4n) is 2.23. The lowest BCUT2D eigenvalue weighted by molar-refractivity contribution is -0.149. The minimum Gasteiger partial charge on any atom is -0.465 e. The molecule has 1 amide bonds. The van der Waals surface area contributed by atoms with E-state index in [-0.39, 0.29) is 18.1 Å². The Morgan fingerprint density at radius 1 is 1.32 bits per heavy atom. The molecule has 0 aliphatic carbocycles. The number of rotatable bonds is 5. The molecule has 19 heavy (non-hydrogen) atoms. The van der Waals surface area contributed by atoms with Crippen LogP contribution < -0.4 is 5.32 Å². The summed E-state index contributed by atoms with van der Waals surface area (Å²) in [7, 11) is 0. The standard InChI is InChI=1S/C13H24N2O4/c1-4-18-12(16)10(3)15-8-6-7-11(9-15)14-13(17)19-5-2/h10-11H,4-9H2,1-3H3,(H,14,17)/t10-,11-/m0/s1. The number of esters is 1. The molecule has 6 heteroatoms. The molecule has 110 valence electrons. The summed E-state index contributed by atoms with van der Waals surface area (Å²) in [5.41, 5.74) is 0. The number of amides is 1. The number of piperidine rings is 1. The maximum Gasteiger partial charge on any atom is 0.407 e. The van der Waals surface area contributed by atoms with Gasteiger partial charge in [0.25, 0.3) is 0 Å². The summed E-state index contributed by atoms with van der Waals surface area (Å²) < 4.78 is 9.89. The van der Waals surface area contributed by atoms with Crippen molar-refractivity contribution in [2.45, 2.75) is 45.7 Å². The second kappa shape index (κ2) is 7.99. The maximum atomic E-state index is 11.7. The quantitative estimate of drug-likeness (QED) is 0.760. The molecule has 1 aliphatic heterocycles. The van der Waals surface area contributed by atoms with Crippen molar-refractivity contribution in [2.24, 2.45) is 0 Å². The largest absolute Gasteiger partial charge is 0.465 e. The number of likely N-dealkylation sites (tertiary alicyclic amines) is 1. The Morgan fingerprint density at radius 3 is 2.63 bits per heavy atom. The van der Waals surface area contributed by atoms with E-state index in [0.29, 0.717) is 19.8 Å². The van der Waals surface area contributed by atoms with Crippen molar-refractivity contribution < 1.29 is 19.1 Å². The van der Waals surface area contributed by atoms with Crippen molar-refractivity contribution in [1.29, 1.82) is 0 Å². The van der Waals surface area contributed by atoms with Crippen molar-refractivity contribution >= 4 is 12.1 Å². The Kier molecular flexibility index (Phi) is 6.62. The van der Waals surface area contributed by atoms with Crippen molar-refractivity contribution in [3.8, 4) is 0 Å². The molecule has 1 fully saturated rings. The molecule has 1 heterocycles. The summed E-state index contributed by atoms with van der Waals surface area (Å²) in [5, 5.41) is 2.82. The molecule has 0 aromatic rings. The third kappa shape index (κ3) is 5.06. The molecule has 0 bridgehead atoms. The third-order valence-electron chi connectivity index (χ3n) is 3.23. The molecule has 1 rings (SSSR count). The Labute approximate surface area is 114 Å². The van der Waals surface area contributed by atoms with Crippen molar-refractivity contribution in [3.05, 3.63) is 0 Å². The SMILES string of the molecule is CCOC(=O)N[C@H]1CCCN([C@@H](C)C(=O)OCC)C1. The van der Waals surface area contributed by atoms with Gasteiger partial charge in [0.15, 0.2) is 0 Å². The number of hydrogen-bond donors (Lipinski definition) is 1. The second-order valence-corrected chi connectivity index (χ2v) is 4.63. The van der Waals surface area contributed by atoms with Crippen LogP contribution in [-0.2, 0) is 14.3 Å². The summed E-state index contributed by atoms with van der Waals surface area (Å²) in [6.07, 6.45) is 1.46. The van der Waals surface area contributed by atoms with Crippen molar-refractivity contribution in [2.75, 3.05) is 26.3 Å². The first kappa shape index (κ1) is 15.8. The zero-order valence-corrected chi connectivity index (χ0v) is 12.0. The Hall–Kier alpha value is -1.30. The maximum absolute atomic E-state index is 11.7. The minimum atomic E-state index is -0.391. The molecule has 6 nitrogen and oxygen atoms in total. The van der Waals surface area contributed by atoms with E-state index >= 15 is 0 Å². The third-order valence-corrected chi connectivity index (χ3v) is 3.23. The van der Waals surface area contributed by atoms with Gasteiger partial charge in [0.1, 0.15) is 6.04 Å². The predicted molar refractivity (Wildman–Crippen MR) is 70.8 cm³/mol. The Balaban J connectivity index is 2.45. The van der Waals surface area contributed by atoms with Gasteiger partial charge in [-0.15, -0.1) is 0 Å². The molecule has 0 unspecified atom stereocenters. The highest BCUT2D eigenvalue weighted by atomic mass is 16.5. The van der Waals surface area contributed by atoms with E-state index in [4.69, 9.17) is 9.47 Å². The Bertz CT molecular complexity index is 309. The smallest absolute Gasteiger partial charge is 0.407 e. The fourth-order valence-corrected chi connectivity index (χ4v) is 2.23. The first-order valence-electron chi connectivity index (χ1n) is 6.92. The number of carbonyl (C=O) groups excluding carboxylic acids is 2. The first-order chi connectivity index (χ1) is 9.08. The van der Waals surface area contributed by atoms with E-state index in [2.05, 4.69) is 5.32 Å². The highest BCUT2D eigenvalue weighted by molar-refractivity contribution is 5.75. The average molecular weight is 272 g/mol. The van der Waals surface area contributed by atoms with Gasteiger partial charge < -0.3 is 14.8 Å². The number of ether oxygens (including phenoxy) is 2. The number of nitrogens with one attached hydrogen (secondary N) is 1. The topological polar surface area (TPSA) is 67.9 Å². The van der Waals surface area contributed by atoms with Crippen LogP contribution in [0.4, 0.5) is 4.79 Å². The van der Waals surface area contributed by atoms with Crippen LogP contribution in [0.3, 0.4) is 0 Å². The van der Waals surface area contributed by atoms with Crippen LogP contribution >= 0.6 is 0 Å². The molecule has 1 N–H and O–H groups in total. The molecule has 0 aromatic heterocycles. The van der Waals surface area contributed by atoms with Gasteiger partial charge >= 0.3 is 12.1 Å². The minimum absolute atomic E-state index is 0.0321. The average Bonchev–Trinajstić information content (AvgIpc) is 2.38. The highest BCUT2D eigenvalue weighted by Crippen LogP contribution is 2.14. The summed E-state index contributed by atoms with van der Waals surface area (Å²) in [4.78, 5) is 25.1. The van der Waals surface area contributed by atoms with Gasteiger partial charge in [-0.25, -0.2) is 4.79 Å². The van der Waals surface area contributed by atoms with Crippen molar-refractivity contribution in [3.63, 3.8) is 0 Å². The van der Waals surface area contributed by atoms with Gasteiger partial charge in [-0.1, -0.05) is 0 Å². The normalized spacial score (nSPS) is 21.5. The van der Waals surface area contributed by atoms with Gasteiger partial charge in [-0.2, -0.15) is 0 Å². The summed E-state index contributed by atoms with van der Waals surface area (Å²) in [6.45, 7) is 7.66. The molecule has 0 saturated carbocycles. The fraction of sp³-hybridized carbons (Fsp3) is 0.846. The van der Waals surface area contributed by atoms with E-state index in [9.17, 15) is 9.59 Å². The number of nitrogens with zero attached hydrogens (tertiary/aromatic N) is 1. The summed E-state index contributed by atoms with van der Waals surface area (Å²) in [6, 6.07) is -0.239. The van der Waals surface area contributed by atoms with E-state index in [0.717, 1.165) is 19.4 Å². The molecule has 0 radical (unpaired) electrons. The van der Waals surface area contributed by atoms with Crippen LogP contribution in [0.1, 0.15) is 33.6 Å². The molecule has 0 spiro atoms. The lowest BCUT2D eigenvalue weighted by Crippen LogP contribution is -2.52. The summed E-state index contributed by atoms with van der Waals surface area (Å²) in [5.74, 6) is -0.209. The molecule has 2 atom stereocenters. The highest BCUT2D eigenvalue weighted by Gasteiger charge is 2.28. The number of alkyl carbamates (subject to hydrolysis) is 1. The van der Waals surface area contributed by atoms with Gasteiger partial charge in [0, 0.05) is 12.6 Å². The van der Waals surface area contributed by atoms with Crippen molar-refractivity contribution in [1.82, 2.24) is 10.2 Å². The Morgan fingerprint density at radius 2 is 2.00 bits per heavy atom. The van der Waals surface area contributed by atoms with Crippen LogP contribution in [0.15, 0.2) is 0 Å². The first-order valence-corrected chi connectivity index (χ1v) is 6.92. The number of hydrogen-bond acceptors (Lipinski definition) is 5. The van der Waals surface area contributed by atoms with Crippen LogP contribution in [0.25, 0.3) is 0 Å². The molecular weight excluding hydrogens is 248 g/mol. The van der Waals surface area contributed by atoms with E-state index in [1.165, 1.54) is 0 Å². The summed E-state index contributed by atoms with van der Waals surface area (Å²) >= 11 is 0. The second-order valence-electron chi connectivity index (χ2n) is 4.63. The molecule has 1 saturated heterocycles. The van der Waals surface area contributed by atoms with Gasteiger partial charge in [-0.05, 0) is 40.2 Å². The molecule has 0 aromatic carbocycles. The zero-order valence-electron chi connectivity index (χ0n) is 12.0. The van der Waals surface area contributed by atoms with Crippen LogP contribution in [0.5, 0.6) is 0 Å². The van der Waals surface area contributed by atoms with Gasteiger partial charge in [0.05, 0.1) is 13.2 Å². The molecular formula is C13H24N2O4.